The highest BCUT2D eigenvalue weighted by Crippen LogP contribution is 2.18. The number of hydrogen-bond donors (Lipinski definition) is 1. The lowest BCUT2D eigenvalue weighted by Gasteiger charge is -2.08. The summed E-state index contributed by atoms with van der Waals surface area (Å²) in [4.78, 5) is 8.17. The summed E-state index contributed by atoms with van der Waals surface area (Å²) in [6, 6.07) is 7.71. The van der Waals surface area contributed by atoms with E-state index in [4.69, 9.17) is 11.6 Å². The minimum Gasteiger partial charge on any atom is -0.276 e. The third-order valence-electron chi connectivity index (χ3n) is 2.71. The van der Waals surface area contributed by atoms with Crippen molar-refractivity contribution in [1.82, 2.24) is 19.7 Å². The second-order valence-corrected chi connectivity index (χ2v) is 6.40. The van der Waals surface area contributed by atoms with Crippen molar-refractivity contribution in [2.75, 3.05) is 4.72 Å². The van der Waals surface area contributed by atoms with Crippen molar-refractivity contribution in [1.29, 1.82) is 0 Å². The summed E-state index contributed by atoms with van der Waals surface area (Å²) in [7, 11) is -3.74. The minimum atomic E-state index is -3.74. The molecular formula is C13H10ClN5O2S. The van der Waals surface area contributed by atoms with Gasteiger partial charge >= 0.3 is 0 Å². The number of hydrogen-bond acceptors (Lipinski definition) is 5. The predicted molar refractivity (Wildman–Crippen MR) is 81.4 cm³/mol. The summed E-state index contributed by atoms with van der Waals surface area (Å²) in [6.45, 7) is 0. The van der Waals surface area contributed by atoms with Gasteiger partial charge in [0, 0.05) is 17.4 Å². The lowest BCUT2D eigenvalue weighted by Crippen LogP contribution is -2.13. The van der Waals surface area contributed by atoms with Gasteiger partial charge < -0.3 is 0 Å². The van der Waals surface area contributed by atoms with Gasteiger partial charge in [-0.3, -0.25) is 4.72 Å². The van der Waals surface area contributed by atoms with Crippen molar-refractivity contribution < 1.29 is 8.42 Å². The summed E-state index contributed by atoms with van der Waals surface area (Å²) >= 11 is 5.81. The van der Waals surface area contributed by atoms with E-state index >= 15 is 0 Å². The Morgan fingerprint density at radius 1 is 1.14 bits per heavy atom. The molecule has 2 heterocycles. The van der Waals surface area contributed by atoms with Gasteiger partial charge in [-0.05, 0) is 24.3 Å². The van der Waals surface area contributed by atoms with Crippen molar-refractivity contribution in [3.05, 3.63) is 60.1 Å². The van der Waals surface area contributed by atoms with Crippen LogP contribution in [0.3, 0.4) is 0 Å². The Morgan fingerprint density at radius 2 is 1.91 bits per heavy atom. The molecule has 0 radical (unpaired) electrons. The van der Waals surface area contributed by atoms with E-state index in [1.165, 1.54) is 29.2 Å². The van der Waals surface area contributed by atoms with Crippen LogP contribution < -0.4 is 4.72 Å². The number of nitrogens with zero attached hydrogens (tertiary/aromatic N) is 4. The highest BCUT2D eigenvalue weighted by Gasteiger charge is 2.15. The van der Waals surface area contributed by atoms with Gasteiger partial charge in [0.25, 0.3) is 16.0 Å². The average molecular weight is 336 g/mol. The first-order valence-electron chi connectivity index (χ1n) is 6.15. The molecular weight excluding hydrogens is 326 g/mol. The zero-order valence-corrected chi connectivity index (χ0v) is 12.7. The van der Waals surface area contributed by atoms with E-state index in [2.05, 4.69) is 19.8 Å². The molecule has 7 nitrogen and oxygen atoms in total. The topological polar surface area (TPSA) is 89.8 Å². The molecule has 0 saturated heterocycles. The Hall–Kier alpha value is -2.45. The first-order valence-corrected chi connectivity index (χ1v) is 8.01. The number of sulfonamides is 1. The highest BCUT2D eigenvalue weighted by atomic mass is 35.5. The Labute approximate surface area is 131 Å². The lowest BCUT2D eigenvalue weighted by molar-refractivity contribution is 0.601. The van der Waals surface area contributed by atoms with Crippen LogP contribution in [0.1, 0.15) is 0 Å². The smallest absolute Gasteiger partial charge is 0.262 e. The zero-order chi connectivity index (χ0) is 15.6. The molecule has 0 aliphatic rings. The van der Waals surface area contributed by atoms with Crippen molar-refractivity contribution >= 4 is 27.3 Å². The van der Waals surface area contributed by atoms with Gasteiger partial charge in [-0.2, -0.15) is 5.10 Å². The number of rotatable bonds is 4. The summed E-state index contributed by atoms with van der Waals surface area (Å²) in [5.41, 5.74) is 0.246. The van der Waals surface area contributed by atoms with E-state index in [-0.39, 0.29) is 10.6 Å². The van der Waals surface area contributed by atoms with Gasteiger partial charge in [-0.25, -0.2) is 23.1 Å². The summed E-state index contributed by atoms with van der Waals surface area (Å²) in [5, 5.41) is 4.33. The quantitative estimate of drug-likeness (QED) is 0.788. The molecule has 112 valence electrons. The molecule has 3 aromatic rings. The second kappa shape index (κ2) is 5.74. The van der Waals surface area contributed by atoms with Gasteiger partial charge in [0.15, 0.2) is 0 Å². The summed E-state index contributed by atoms with van der Waals surface area (Å²) in [5.74, 6) is 0.343. The van der Waals surface area contributed by atoms with E-state index in [0.717, 1.165) is 0 Å². The van der Waals surface area contributed by atoms with Crippen LogP contribution in [-0.4, -0.2) is 28.2 Å². The monoisotopic (exact) mass is 335 g/mol. The minimum absolute atomic E-state index is 0.0659. The van der Waals surface area contributed by atoms with Crippen LogP contribution in [0, 0.1) is 0 Å². The maximum Gasteiger partial charge on any atom is 0.262 e. The maximum absolute atomic E-state index is 12.2. The molecule has 0 amide bonds. The fourth-order valence-corrected chi connectivity index (χ4v) is 3.06. The van der Waals surface area contributed by atoms with Gasteiger partial charge in [0.1, 0.15) is 0 Å². The number of halogens is 1. The number of aromatic nitrogens is 4. The van der Waals surface area contributed by atoms with Gasteiger partial charge in [0.2, 0.25) is 0 Å². The molecule has 3 rings (SSSR count). The molecule has 1 N–H and O–H groups in total. The molecule has 0 fully saturated rings. The third-order valence-corrected chi connectivity index (χ3v) is 4.32. The fourth-order valence-electron chi connectivity index (χ4n) is 1.73. The number of nitrogens with one attached hydrogen (secondary N) is 1. The van der Waals surface area contributed by atoms with E-state index < -0.39 is 10.0 Å². The molecule has 0 atom stereocenters. The van der Waals surface area contributed by atoms with Crippen LogP contribution in [0.4, 0.5) is 5.69 Å². The van der Waals surface area contributed by atoms with Crippen LogP contribution in [0.2, 0.25) is 5.02 Å². The van der Waals surface area contributed by atoms with Crippen molar-refractivity contribution in [2.24, 2.45) is 0 Å². The van der Waals surface area contributed by atoms with Crippen molar-refractivity contribution in [3.63, 3.8) is 0 Å². The molecule has 0 unspecified atom stereocenters. The second-order valence-electron chi connectivity index (χ2n) is 4.29. The third kappa shape index (κ3) is 3.07. The molecule has 0 spiro atoms. The molecule has 9 heteroatoms. The first kappa shape index (κ1) is 14.5. The molecule has 0 aliphatic carbocycles. The SMILES string of the molecule is O=S(=O)(Nc1cnc(-n2cccn2)nc1)c1cccc(Cl)c1. The normalized spacial score (nSPS) is 11.3. The standard InChI is InChI=1S/C13H10ClN5O2S/c14-10-3-1-4-12(7-10)22(20,21)18-11-8-15-13(16-9-11)19-6-2-5-17-19/h1-9,18H. The zero-order valence-electron chi connectivity index (χ0n) is 11.1. The van der Waals surface area contributed by atoms with Crippen LogP contribution in [0.25, 0.3) is 5.95 Å². The highest BCUT2D eigenvalue weighted by molar-refractivity contribution is 7.92. The van der Waals surface area contributed by atoms with E-state index in [1.807, 2.05) is 0 Å². The van der Waals surface area contributed by atoms with Crippen molar-refractivity contribution in [3.8, 4) is 5.95 Å². The van der Waals surface area contributed by atoms with Crippen LogP contribution in [-0.2, 0) is 10.0 Å². The maximum atomic E-state index is 12.2. The molecule has 0 bridgehead atoms. The van der Waals surface area contributed by atoms with Gasteiger partial charge in [0.05, 0.1) is 23.0 Å². The fraction of sp³-hybridized carbons (Fsp3) is 0. The first-order chi connectivity index (χ1) is 10.5. The van der Waals surface area contributed by atoms with Crippen LogP contribution >= 0.6 is 11.6 Å². The number of benzene rings is 1. The summed E-state index contributed by atoms with van der Waals surface area (Å²) in [6.07, 6.45) is 6.02. The predicted octanol–water partition coefficient (Wildman–Crippen LogP) is 2.12. The van der Waals surface area contributed by atoms with E-state index in [1.54, 1.807) is 30.6 Å². The van der Waals surface area contributed by atoms with Gasteiger partial charge in [-0.1, -0.05) is 17.7 Å². The van der Waals surface area contributed by atoms with Crippen LogP contribution in [0.15, 0.2) is 60.0 Å². The summed E-state index contributed by atoms with van der Waals surface area (Å²) < 4.78 is 28.3. The molecule has 22 heavy (non-hydrogen) atoms. The molecule has 0 saturated carbocycles. The average Bonchev–Trinajstić information content (AvgIpc) is 3.02. The Balaban J connectivity index is 1.84. The lowest BCUT2D eigenvalue weighted by atomic mass is 10.4. The van der Waals surface area contributed by atoms with Crippen molar-refractivity contribution in [2.45, 2.75) is 4.90 Å². The molecule has 2 aromatic heterocycles. The largest absolute Gasteiger partial charge is 0.276 e. The van der Waals surface area contributed by atoms with E-state index in [9.17, 15) is 8.42 Å². The molecule has 0 aliphatic heterocycles. The Bertz CT molecular complexity index is 879. The molecule has 1 aromatic carbocycles. The number of anilines is 1. The van der Waals surface area contributed by atoms with E-state index in [0.29, 0.717) is 11.0 Å². The Kier molecular flexibility index (Phi) is 3.78. The van der Waals surface area contributed by atoms with Crippen LogP contribution in [0.5, 0.6) is 0 Å². The Morgan fingerprint density at radius 3 is 2.55 bits per heavy atom. The van der Waals surface area contributed by atoms with Gasteiger partial charge in [-0.15, -0.1) is 0 Å².